The van der Waals surface area contributed by atoms with Gasteiger partial charge in [0.2, 0.25) is 0 Å². The molecule has 1 N–H and O–H groups in total. The summed E-state index contributed by atoms with van der Waals surface area (Å²) in [5.41, 5.74) is 2.00. The van der Waals surface area contributed by atoms with Gasteiger partial charge in [-0.25, -0.2) is 0 Å². The molecule has 2 aromatic rings. The van der Waals surface area contributed by atoms with Crippen molar-refractivity contribution in [1.82, 2.24) is 0 Å². The molecule has 0 radical (unpaired) electrons. The van der Waals surface area contributed by atoms with E-state index in [2.05, 4.69) is 10.2 Å². The number of halogens is 1. The van der Waals surface area contributed by atoms with E-state index in [-0.39, 0.29) is 5.91 Å². The Kier molecular flexibility index (Phi) is 5.85. The van der Waals surface area contributed by atoms with Crippen molar-refractivity contribution in [2.24, 2.45) is 0 Å². The molecule has 1 saturated heterocycles. The first-order valence-corrected chi connectivity index (χ1v) is 8.66. The molecule has 0 aliphatic carbocycles. The van der Waals surface area contributed by atoms with Gasteiger partial charge in [0.1, 0.15) is 0 Å². The van der Waals surface area contributed by atoms with E-state index in [0.29, 0.717) is 41.0 Å². The lowest BCUT2D eigenvalue weighted by Gasteiger charge is -2.31. The highest BCUT2D eigenvalue weighted by molar-refractivity contribution is 6.31. The van der Waals surface area contributed by atoms with Gasteiger partial charge in [0.15, 0.2) is 11.5 Å². The SMILES string of the molecule is COc1cc(NC(=O)c2cccc(Cl)c2)c(N2CCOCC2)cc1OC. The van der Waals surface area contributed by atoms with Crippen LogP contribution in [-0.2, 0) is 4.74 Å². The number of methoxy groups -OCH3 is 2. The molecule has 1 amide bonds. The number of nitrogens with one attached hydrogen (secondary N) is 1. The zero-order valence-corrected chi connectivity index (χ0v) is 15.5. The molecule has 0 aromatic heterocycles. The van der Waals surface area contributed by atoms with Crippen LogP contribution >= 0.6 is 11.6 Å². The molecular formula is C19H21ClN2O4. The van der Waals surface area contributed by atoms with E-state index in [9.17, 15) is 4.79 Å². The number of carbonyl (C=O) groups is 1. The lowest BCUT2D eigenvalue weighted by Crippen LogP contribution is -2.36. The van der Waals surface area contributed by atoms with E-state index >= 15 is 0 Å². The topological polar surface area (TPSA) is 60.0 Å². The number of nitrogens with zero attached hydrogens (tertiary/aromatic N) is 1. The first kappa shape index (κ1) is 18.4. The summed E-state index contributed by atoms with van der Waals surface area (Å²) in [4.78, 5) is 14.8. The molecular weight excluding hydrogens is 356 g/mol. The van der Waals surface area contributed by atoms with Gasteiger partial charge in [0.25, 0.3) is 5.91 Å². The second kappa shape index (κ2) is 8.29. The maximum Gasteiger partial charge on any atom is 0.255 e. The number of ether oxygens (including phenoxy) is 3. The molecule has 3 rings (SSSR count). The number of hydrogen-bond donors (Lipinski definition) is 1. The largest absolute Gasteiger partial charge is 0.493 e. The van der Waals surface area contributed by atoms with Gasteiger partial charge >= 0.3 is 0 Å². The molecule has 1 fully saturated rings. The van der Waals surface area contributed by atoms with E-state index in [1.807, 2.05) is 6.07 Å². The van der Waals surface area contributed by atoms with Crippen LogP contribution in [0.1, 0.15) is 10.4 Å². The summed E-state index contributed by atoms with van der Waals surface area (Å²) >= 11 is 5.99. The number of carbonyl (C=O) groups excluding carboxylic acids is 1. The number of hydrogen-bond acceptors (Lipinski definition) is 5. The van der Waals surface area contributed by atoms with E-state index in [1.165, 1.54) is 0 Å². The number of rotatable bonds is 5. The van der Waals surface area contributed by atoms with Crippen LogP contribution in [0, 0.1) is 0 Å². The molecule has 6 nitrogen and oxygen atoms in total. The summed E-state index contributed by atoms with van der Waals surface area (Å²) in [6.45, 7) is 2.73. The Balaban J connectivity index is 1.96. The molecule has 1 aliphatic rings. The zero-order valence-electron chi connectivity index (χ0n) is 14.8. The van der Waals surface area contributed by atoms with E-state index in [4.69, 9.17) is 25.8 Å². The smallest absolute Gasteiger partial charge is 0.255 e. The quantitative estimate of drug-likeness (QED) is 0.866. The second-order valence-electron chi connectivity index (χ2n) is 5.79. The van der Waals surface area contributed by atoms with E-state index in [1.54, 1.807) is 44.6 Å². The normalized spacial score (nSPS) is 14.0. The van der Waals surface area contributed by atoms with Crippen molar-refractivity contribution in [2.75, 3.05) is 50.7 Å². The van der Waals surface area contributed by atoms with Crippen LogP contribution in [0.2, 0.25) is 5.02 Å². The molecule has 0 saturated carbocycles. The summed E-state index contributed by atoms with van der Waals surface area (Å²) in [6.07, 6.45) is 0. The molecule has 0 unspecified atom stereocenters. The Hall–Kier alpha value is -2.44. The number of anilines is 2. The van der Waals surface area contributed by atoms with Gasteiger partial charge in [-0.1, -0.05) is 17.7 Å². The van der Waals surface area contributed by atoms with Crippen molar-refractivity contribution in [1.29, 1.82) is 0 Å². The first-order valence-electron chi connectivity index (χ1n) is 8.28. The maximum atomic E-state index is 12.7. The fourth-order valence-electron chi connectivity index (χ4n) is 2.86. The summed E-state index contributed by atoms with van der Waals surface area (Å²) in [5.74, 6) is 0.912. The van der Waals surface area contributed by atoms with Gasteiger partial charge in [-0.05, 0) is 18.2 Å². The molecule has 7 heteroatoms. The van der Waals surface area contributed by atoms with Crippen LogP contribution in [0.15, 0.2) is 36.4 Å². The lowest BCUT2D eigenvalue weighted by molar-refractivity contribution is 0.102. The highest BCUT2D eigenvalue weighted by Crippen LogP contribution is 2.39. The van der Waals surface area contributed by atoms with Gasteiger partial charge in [-0.2, -0.15) is 0 Å². The zero-order chi connectivity index (χ0) is 18.5. The predicted molar refractivity (Wildman–Crippen MR) is 102 cm³/mol. The number of benzene rings is 2. The van der Waals surface area contributed by atoms with E-state index < -0.39 is 0 Å². The predicted octanol–water partition coefficient (Wildman–Crippen LogP) is 3.45. The van der Waals surface area contributed by atoms with Crippen LogP contribution in [-0.4, -0.2) is 46.4 Å². The molecule has 1 heterocycles. The molecule has 138 valence electrons. The molecule has 0 bridgehead atoms. The number of morpholine rings is 1. The van der Waals surface area contributed by atoms with Gasteiger partial charge in [-0.3, -0.25) is 4.79 Å². The Bertz CT molecular complexity index is 791. The number of amides is 1. The summed E-state index contributed by atoms with van der Waals surface area (Å²) in [7, 11) is 3.15. The van der Waals surface area contributed by atoms with Crippen LogP contribution in [0.5, 0.6) is 11.5 Å². The third-order valence-electron chi connectivity index (χ3n) is 4.19. The lowest BCUT2D eigenvalue weighted by atomic mass is 10.1. The third-order valence-corrected chi connectivity index (χ3v) is 4.42. The average molecular weight is 377 g/mol. The summed E-state index contributed by atoms with van der Waals surface area (Å²) in [5, 5.41) is 3.47. The maximum absolute atomic E-state index is 12.7. The van der Waals surface area contributed by atoms with Gasteiger partial charge in [0, 0.05) is 35.8 Å². The first-order chi connectivity index (χ1) is 12.6. The van der Waals surface area contributed by atoms with Crippen molar-refractivity contribution in [3.05, 3.63) is 47.0 Å². The molecule has 1 aliphatic heterocycles. The van der Waals surface area contributed by atoms with Crippen molar-refractivity contribution < 1.29 is 19.0 Å². The van der Waals surface area contributed by atoms with Crippen LogP contribution in [0.3, 0.4) is 0 Å². The Morgan fingerprint density at radius 3 is 2.46 bits per heavy atom. The Morgan fingerprint density at radius 2 is 1.81 bits per heavy atom. The van der Waals surface area contributed by atoms with Gasteiger partial charge < -0.3 is 24.4 Å². The van der Waals surface area contributed by atoms with Crippen molar-refractivity contribution in [2.45, 2.75) is 0 Å². The Morgan fingerprint density at radius 1 is 1.12 bits per heavy atom. The minimum absolute atomic E-state index is 0.241. The van der Waals surface area contributed by atoms with Crippen molar-refractivity contribution in [3.63, 3.8) is 0 Å². The summed E-state index contributed by atoms with van der Waals surface area (Å²) in [6, 6.07) is 10.5. The van der Waals surface area contributed by atoms with Crippen molar-refractivity contribution >= 4 is 28.9 Å². The second-order valence-corrected chi connectivity index (χ2v) is 6.22. The summed E-state index contributed by atoms with van der Waals surface area (Å²) < 4.78 is 16.2. The third kappa shape index (κ3) is 4.03. The standard InChI is InChI=1S/C19H21ClN2O4/c1-24-17-11-15(21-19(23)13-4-3-5-14(20)10-13)16(12-18(17)25-2)22-6-8-26-9-7-22/h3-5,10-12H,6-9H2,1-2H3,(H,21,23). The monoisotopic (exact) mass is 376 g/mol. The highest BCUT2D eigenvalue weighted by atomic mass is 35.5. The van der Waals surface area contributed by atoms with Crippen LogP contribution in [0.25, 0.3) is 0 Å². The van der Waals surface area contributed by atoms with Gasteiger partial charge in [0.05, 0.1) is 38.8 Å². The fraction of sp³-hybridized carbons (Fsp3) is 0.316. The minimum Gasteiger partial charge on any atom is -0.493 e. The van der Waals surface area contributed by atoms with Gasteiger partial charge in [-0.15, -0.1) is 0 Å². The minimum atomic E-state index is -0.241. The van der Waals surface area contributed by atoms with Crippen LogP contribution in [0.4, 0.5) is 11.4 Å². The highest BCUT2D eigenvalue weighted by Gasteiger charge is 2.20. The molecule has 0 atom stereocenters. The molecule has 0 spiro atoms. The molecule has 2 aromatic carbocycles. The van der Waals surface area contributed by atoms with Crippen LogP contribution < -0.4 is 19.7 Å². The molecule has 26 heavy (non-hydrogen) atoms. The fourth-order valence-corrected chi connectivity index (χ4v) is 3.05. The van der Waals surface area contributed by atoms with E-state index in [0.717, 1.165) is 18.8 Å². The Labute approximate surface area is 157 Å². The van der Waals surface area contributed by atoms with Crippen molar-refractivity contribution in [3.8, 4) is 11.5 Å². The average Bonchev–Trinajstić information content (AvgIpc) is 2.68.